The van der Waals surface area contributed by atoms with Crippen molar-refractivity contribution >= 4 is 29.9 Å². The predicted molar refractivity (Wildman–Crippen MR) is 114 cm³/mol. The summed E-state index contributed by atoms with van der Waals surface area (Å²) in [4.78, 5) is 4.66. The number of rotatable bonds is 7. The first-order chi connectivity index (χ1) is 11.8. The maximum Gasteiger partial charge on any atom is 0.191 e. The number of hydrogen-bond acceptors (Lipinski definition) is 2. The van der Waals surface area contributed by atoms with Gasteiger partial charge in [0.25, 0.3) is 0 Å². The van der Waals surface area contributed by atoms with Crippen LogP contribution in [0.5, 0.6) is 5.75 Å². The van der Waals surface area contributed by atoms with Crippen LogP contribution >= 0.6 is 24.0 Å². The zero-order valence-corrected chi connectivity index (χ0v) is 16.9. The Hall–Kier alpha value is -1.76. The summed E-state index contributed by atoms with van der Waals surface area (Å²) < 4.78 is 5.88. The summed E-state index contributed by atoms with van der Waals surface area (Å²) in [5.74, 6) is 1.78. The molecule has 5 heteroatoms. The summed E-state index contributed by atoms with van der Waals surface area (Å²) in [6.45, 7) is 4.19. The molecule has 1 aliphatic carbocycles. The molecule has 134 valence electrons. The standard InChI is InChI=1S/C20H25N3O.HI/c1-2-21-20(23-18-11-12-18)22-14-17-9-6-10-19(13-17)24-15-16-7-4-3-5-8-16;/h3-10,13,18H,2,11-12,14-15H2,1H3,(H2,21,22,23);1H. The highest BCUT2D eigenvalue weighted by molar-refractivity contribution is 14.0. The van der Waals surface area contributed by atoms with Gasteiger partial charge >= 0.3 is 0 Å². The maximum atomic E-state index is 5.88. The molecular weight excluding hydrogens is 425 g/mol. The van der Waals surface area contributed by atoms with Crippen molar-refractivity contribution in [3.05, 3.63) is 65.7 Å². The van der Waals surface area contributed by atoms with E-state index in [1.807, 2.05) is 30.3 Å². The molecule has 1 saturated carbocycles. The van der Waals surface area contributed by atoms with Crippen LogP contribution in [0.3, 0.4) is 0 Å². The number of nitrogens with one attached hydrogen (secondary N) is 2. The molecule has 0 atom stereocenters. The highest BCUT2D eigenvalue weighted by Crippen LogP contribution is 2.19. The Labute approximate surface area is 167 Å². The lowest BCUT2D eigenvalue weighted by Gasteiger charge is -2.11. The van der Waals surface area contributed by atoms with Crippen LogP contribution < -0.4 is 15.4 Å². The zero-order valence-electron chi connectivity index (χ0n) is 14.6. The molecule has 4 nitrogen and oxygen atoms in total. The van der Waals surface area contributed by atoms with E-state index in [1.54, 1.807) is 0 Å². The van der Waals surface area contributed by atoms with E-state index in [9.17, 15) is 0 Å². The Bertz CT molecular complexity index is 672. The van der Waals surface area contributed by atoms with Gasteiger partial charge in [-0.2, -0.15) is 0 Å². The number of hydrogen-bond donors (Lipinski definition) is 2. The average molecular weight is 451 g/mol. The predicted octanol–water partition coefficient (Wildman–Crippen LogP) is 4.10. The molecule has 0 bridgehead atoms. The van der Waals surface area contributed by atoms with Crippen molar-refractivity contribution in [2.75, 3.05) is 6.54 Å². The minimum atomic E-state index is 0. The minimum absolute atomic E-state index is 0. The lowest BCUT2D eigenvalue weighted by molar-refractivity contribution is 0.306. The molecule has 2 N–H and O–H groups in total. The van der Waals surface area contributed by atoms with Crippen LogP contribution in [0.4, 0.5) is 0 Å². The fourth-order valence-corrected chi connectivity index (χ4v) is 2.39. The Morgan fingerprint density at radius 3 is 2.56 bits per heavy atom. The van der Waals surface area contributed by atoms with Crippen LogP contribution in [0.1, 0.15) is 30.9 Å². The molecular formula is C20H26IN3O. The van der Waals surface area contributed by atoms with E-state index in [0.717, 1.165) is 23.8 Å². The van der Waals surface area contributed by atoms with Gasteiger partial charge in [0, 0.05) is 12.6 Å². The van der Waals surface area contributed by atoms with Gasteiger partial charge in [-0.3, -0.25) is 0 Å². The van der Waals surface area contributed by atoms with Crippen LogP contribution in [0.2, 0.25) is 0 Å². The van der Waals surface area contributed by atoms with Gasteiger partial charge in [0.15, 0.2) is 5.96 Å². The third-order valence-corrected chi connectivity index (χ3v) is 3.83. The maximum absolute atomic E-state index is 5.88. The average Bonchev–Trinajstić information content (AvgIpc) is 3.43. The van der Waals surface area contributed by atoms with Gasteiger partial charge in [-0.1, -0.05) is 42.5 Å². The van der Waals surface area contributed by atoms with E-state index in [1.165, 1.54) is 18.4 Å². The molecule has 0 aromatic heterocycles. The molecule has 25 heavy (non-hydrogen) atoms. The van der Waals surface area contributed by atoms with Gasteiger partial charge in [-0.25, -0.2) is 4.99 Å². The van der Waals surface area contributed by atoms with Gasteiger partial charge in [0.1, 0.15) is 12.4 Å². The first kappa shape index (κ1) is 19.6. The third kappa shape index (κ3) is 6.94. The second-order valence-corrected chi connectivity index (χ2v) is 6.04. The largest absolute Gasteiger partial charge is 0.489 e. The lowest BCUT2D eigenvalue weighted by Crippen LogP contribution is -2.38. The van der Waals surface area contributed by atoms with Crippen LogP contribution in [-0.4, -0.2) is 18.5 Å². The van der Waals surface area contributed by atoms with E-state index < -0.39 is 0 Å². The zero-order chi connectivity index (χ0) is 16.6. The molecule has 0 heterocycles. The normalized spacial score (nSPS) is 13.7. The molecule has 0 spiro atoms. The van der Waals surface area contributed by atoms with Crippen molar-refractivity contribution < 1.29 is 4.74 Å². The fourth-order valence-electron chi connectivity index (χ4n) is 2.39. The number of benzene rings is 2. The molecule has 1 fully saturated rings. The smallest absolute Gasteiger partial charge is 0.191 e. The summed E-state index contributed by atoms with van der Waals surface area (Å²) in [5.41, 5.74) is 2.32. The minimum Gasteiger partial charge on any atom is -0.489 e. The van der Waals surface area contributed by atoms with Crippen LogP contribution in [0, 0.1) is 0 Å². The van der Waals surface area contributed by atoms with Crippen LogP contribution in [0.25, 0.3) is 0 Å². The van der Waals surface area contributed by atoms with Gasteiger partial charge in [0.05, 0.1) is 6.54 Å². The van der Waals surface area contributed by atoms with E-state index >= 15 is 0 Å². The summed E-state index contributed by atoms with van der Waals surface area (Å²) in [7, 11) is 0. The molecule has 0 radical (unpaired) electrons. The van der Waals surface area contributed by atoms with Gasteiger partial charge in [0.2, 0.25) is 0 Å². The van der Waals surface area contributed by atoms with Gasteiger partial charge in [-0.15, -0.1) is 24.0 Å². The summed E-state index contributed by atoms with van der Waals surface area (Å²) in [5, 5.41) is 6.72. The molecule has 0 unspecified atom stereocenters. The first-order valence-corrected chi connectivity index (χ1v) is 8.64. The summed E-state index contributed by atoms with van der Waals surface area (Å²) >= 11 is 0. The van der Waals surface area contributed by atoms with Crippen molar-refractivity contribution in [2.24, 2.45) is 4.99 Å². The van der Waals surface area contributed by atoms with Crippen LogP contribution in [-0.2, 0) is 13.2 Å². The third-order valence-electron chi connectivity index (χ3n) is 3.83. The quantitative estimate of drug-likeness (QED) is 0.379. The Balaban J connectivity index is 0.00000225. The highest BCUT2D eigenvalue weighted by atomic mass is 127. The van der Waals surface area contributed by atoms with Crippen molar-refractivity contribution in [3.63, 3.8) is 0 Å². The summed E-state index contributed by atoms with van der Waals surface area (Å²) in [6.07, 6.45) is 2.49. The highest BCUT2D eigenvalue weighted by Gasteiger charge is 2.21. The van der Waals surface area contributed by atoms with E-state index in [2.05, 4.69) is 46.8 Å². The fraction of sp³-hybridized carbons (Fsp3) is 0.350. The molecule has 0 amide bonds. The van der Waals surface area contributed by atoms with Gasteiger partial charge < -0.3 is 15.4 Å². The second kappa shape index (κ2) is 10.3. The van der Waals surface area contributed by atoms with Crippen molar-refractivity contribution in [1.82, 2.24) is 10.6 Å². The number of ether oxygens (including phenoxy) is 1. The Morgan fingerprint density at radius 1 is 1.08 bits per heavy atom. The SMILES string of the molecule is CCNC(=NCc1cccc(OCc2ccccc2)c1)NC1CC1.I. The Morgan fingerprint density at radius 2 is 1.84 bits per heavy atom. The van der Waals surface area contributed by atoms with Gasteiger partial charge in [-0.05, 0) is 43.0 Å². The number of aliphatic imine (C=N–C) groups is 1. The second-order valence-electron chi connectivity index (χ2n) is 6.04. The number of nitrogens with zero attached hydrogens (tertiary/aromatic N) is 1. The monoisotopic (exact) mass is 451 g/mol. The lowest BCUT2D eigenvalue weighted by atomic mass is 10.2. The van der Waals surface area contributed by atoms with E-state index in [-0.39, 0.29) is 24.0 Å². The van der Waals surface area contributed by atoms with Crippen molar-refractivity contribution in [2.45, 2.75) is 39.0 Å². The van der Waals surface area contributed by atoms with E-state index in [0.29, 0.717) is 19.2 Å². The van der Waals surface area contributed by atoms with E-state index in [4.69, 9.17) is 4.74 Å². The molecule has 2 aromatic rings. The van der Waals surface area contributed by atoms with Crippen molar-refractivity contribution in [1.29, 1.82) is 0 Å². The topological polar surface area (TPSA) is 45.7 Å². The number of halogens is 1. The molecule has 2 aromatic carbocycles. The molecule has 3 rings (SSSR count). The van der Waals surface area contributed by atoms with Crippen LogP contribution in [0.15, 0.2) is 59.6 Å². The molecule has 1 aliphatic rings. The Kier molecular flexibility index (Phi) is 8.04. The number of guanidine groups is 1. The molecule has 0 aliphatic heterocycles. The molecule has 0 saturated heterocycles. The van der Waals surface area contributed by atoms with Crippen molar-refractivity contribution in [3.8, 4) is 5.75 Å². The summed E-state index contributed by atoms with van der Waals surface area (Å²) in [6, 6.07) is 19.0. The first-order valence-electron chi connectivity index (χ1n) is 8.64.